The summed E-state index contributed by atoms with van der Waals surface area (Å²) >= 11 is 12.6. The Hall–Kier alpha value is -2.56. The molecule has 1 atom stereocenters. The molecule has 0 aliphatic rings. The second-order valence-electron chi connectivity index (χ2n) is 6.77. The van der Waals surface area contributed by atoms with Gasteiger partial charge in [-0.05, 0) is 41.5 Å². The van der Waals surface area contributed by atoms with E-state index in [1.54, 1.807) is 24.7 Å². The van der Waals surface area contributed by atoms with Gasteiger partial charge in [0.05, 0.1) is 12.9 Å². The SMILES string of the molecule is CC(COc1ccc(/C=C/C=O)cc1)(Cn1ccnc1)c1ccc(Cl)cc1Cl. The summed E-state index contributed by atoms with van der Waals surface area (Å²) in [6, 6.07) is 13.1. The Labute approximate surface area is 174 Å². The highest BCUT2D eigenvalue weighted by Gasteiger charge is 2.31. The number of halogens is 2. The molecule has 6 heteroatoms. The lowest BCUT2D eigenvalue weighted by molar-refractivity contribution is -0.104. The van der Waals surface area contributed by atoms with E-state index in [1.165, 1.54) is 6.08 Å². The lowest BCUT2D eigenvalue weighted by Gasteiger charge is -2.31. The molecule has 0 aliphatic heterocycles. The average molecular weight is 415 g/mol. The molecule has 4 nitrogen and oxygen atoms in total. The van der Waals surface area contributed by atoms with E-state index in [9.17, 15) is 4.79 Å². The molecular formula is C22H20Cl2N2O2. The largest absolute Gasteiger partial charge is 0.493 e. The van der Waals surface area contributed by atoms with Gasteiger partial charge in [-0.3, -0.25) is 4.79 Å². The standard InChI is InChI=1S/C22H20Cl2N2O2/c1-22(14-26-11-10-25-16-26,20-9-6-18(23)13-21(20)24)15-28-19-7-4-17(5-8-19)3-2-12-27/h2-13,16H,14-15H2,1H3/b3-2+. The quantitative estimate of drug-likeness (QED) is 0.364. The fraction of sp³-hybridized carbons (Fsp3) is 0.182. The summed E-state index contributed by atoms with van der Waals surface area (Å²) in [7, 11) is 0. The van der Waals surface area contributed by atoms with Gasteiger partial charge in [-0.2, -0.15) is 0 Å². The molecule has 0 aliphatic carbocycles. The van der Waals surface area contributed by atoms with Crippen LogP contribution in [0, 0.1) is 0 Å². The number of benzene rings is 2. The third-order valence-corrected chi connectivity index (χ3v) is 5.02. The van der Waals surface area contributed by atoms with Crippen molar-refractivity contribution in [3.05, 3.63) is 88.4 Å². The van der Waals surface area contributed by atoms with Gasteiger partial charge in [-0.25, -0.2) is 4.98 Å². The van der Waals surface area contributed by atoms with Crippen LogP contribution < -0.4 is 4.74 Å². The van der Waals surface area contributed by atoms with Gasteiger partial charge in [0.25, 0.3) is 0 Å². The Bertz CT molecular complexity index is 953. The molecule has 1 unspecified atom stereocenters. The number of nitrogens with zero attached hydrogens (tertiary/aromatic N) is 2. The average Bonchev–Trinajstić information content (AvgIpc) is 3.18. The van der Waals surface area contributed by atoms with Crippen LogP contribution in [-0.2, 0) is 16.8 Å². The summed E-state index contributed by atoms with van der Waals surface area (Å²) in [5.41, 5.74) is 1.48. The van der Waals surface area contributed by atoms with Crippen molar-refractivity contribution in [2.75, 3.05) is 6.61 Å². The highest BCUT2D eigenvalue weighted by atomic mass is 35.5. The molecule has 1 heterocycles. The predicted octanol–water partition coefficient (Wildman–Crippen LogP) is 5.44. The Morgan fingerprint density at radius 1 is 1.18 bits per heavy atom. The van der Waals surface area contributed by atoms with Crippen LogP contribution in [0.4, 0.5) is 0 Å². The number of imidazole rings is 1. The van der Waals surface area contributed by atoms with Crippen molar-refractivity contribution < 1.29 is 9.53 Å². The van der Waals surface area contributed by atoms with Crippen LogP contribution in [0.5, 0.6) is 5.75 Å². The number of ether oxygens (including phenoxy) is 1. The molecule has 3 aromatic rings. The van der Waals surface area contributed by atoms with E-state index < -0.39 is 5.41 Å². The molecule has 0 saturated carbocycles. The minimum atomic E-state index is -0.404. The first-order chi connectivity index (χ1) is 13.5. The Morgan fingerprint density at radius 2 is 1.96 bits per heavy atom. The minimum Gasteiger partial charge on any atom is -0.493 e. The van der Waals surface area contributed by atoms with Gasteiger partial charge in [-0.1, -0.05) is 54.4 Å². The van der Waals surface area contributed by atoms with Crippen LogP contribution in [0.15, 0.2) is 67.3 Å². The summed E-state index contributed by atoms with van der Waals surface area (Å²) in [4.78, 5) is 14.6. The minimum absolute atomic E-state index is 0.404. The smallest absolute Gasteiger partial charge is 0.142 e. The molecule has 144 valence electrons. The summed E-state index contributed by atoms with van der Waals surface area (Å²) in [5, 5.41) is 1.20. The number of carbonyl (C=O) groups is 1. The van der Waals surface area contributed by atoms with Crippen molar-refractivity contribution in [1.82, 2.24) is 9.55 Å². The van der Waals surface area contributed by atoms with Crippen molar-refractivity contribution in [3.8, 4) is 5.75 Å². The summed E-state index contributed by atoms with van der Waals surface area (Å²) < 4.78 is 8.10. The highest BCUT2D eigenvalue weighted by Crippen LogP contribution is 2.34. The lowest BCUT2D eigenvalue weighted by Crippen LogP contribution is -2.35. The maximum atomic E-state index is 10.4. The molecule has 0 saturated heterocycles. The van der Waals surface area contributed by atoms with Crippen molar-refractivity contribution in [2.24, 2.45) is 0 Å². The van der Waals surface area contributed by atoms with Crippen LogP contribution in [0.1, 0.15) is 18.1 Å². The van der Waals surface area contributed by atoms with E-state index in [4.69, 9.17) is 27.9 Å². The van der Waals surface area contributed by atoms with Gasteiger partial charge in [0, 0.05) is 34.4 Å². The molecule has 28 heavy (non-hydrogen) atoms. The second kappa shape index (κ2) is 9.09. The zero-order chi connectivity index (χ0) is 20.0. The van der Waals surface area contributed by atoms with Crippen molar-refractivity contribution in [2.45, 2.75) is 18.9 Å². The fourth-order valence-corrected chi connectivity index (χ4v) is 3.68. The van der Waals surface area contributed by atoms with Gasteiger partial charge in [0.1, 0.15) is 12.0 Å². The lowest BCUT2D eigenvalue weighted by atomic mass is 9.83. The number of rotatable bonds is 8. The van der Waals surface area contributed by atoms with Gasteiger partial charge in [0.15, 0.2) is 0 Å². The monoisotopic (exact) mass is 414 g/mol. The molecule has 0 fully saturated rings. The number of aldehydes is 1. The summed E-state index contributed by atoms with van der Waals surface area (Å²) in [6.07, 6.45) is 9.39. The first-order valence-electron chi connectivity index (χ1n) is 8.76. The van der Waals surface area contributed by atoms with Gasteiger partial charge >= 0.3 is 0 Å². The van der Waals surface area contributed by atoms with Crippen LogP contribution in [0.25, 0.3) is 6.08 Å². The first-order valence-corrected chi connectivity index (χ1v) is 9.52. The zero-order valence-corrected chi connectivity index (χ0v) is 16.9. The van der Waals surface area contributed by atoms with E-state index in [0.29, 0.717) is 23.2 Å². The zero-order valence-electron chi connectivity index (χ0n) is 15.4. The number of allylic oxidation sites excluding steroid dienone is 1. The van der Waals surface area contributed by atoms with E-state index in [-0.39, 0.29) is 0 Å². The molecule has 0 radical (unpaired) electrons. The van der Waals surface area contributed by atoms with Crippen LogP contribution >= 0.6 is 23.2 Å². The number of hydrogen-bond acceptors (Lipinski definition) is 3. The molecule has 0 bridgehead atoms. The highest BCUT2D eigenvalue weighted by molar-refractivity contribution is 6.35. The van der Waals surface area contributed by atoms with Crippen molar-refractivity contribution in [3.63, 3.8) is 0 Å². The summed E-state index contributed by atoms with van der Waals surface area (Å²) in [6.45, 7) is 3.16. The maximum absolute atomic E-state index is 10.4. The second-order valence-corrected chi connectivity index (χ2v) is 7.62. The van der Waals surface area contributed by atoms with Gasteiger partial charge in [0.2, 0.25) is 0 Å². The Morgan fingerprint density at radius 3 is 2.61 bits per heavy atom. The topological polar surface area (TPSA) is 44.1 Å². The van der Waals surface area contributed by atoms with Crippen molar-refractivity contribution in [1.29, 1.82) is 0 Å². The number of carbonyl (C=O) groups excluding carboxylic acids is 1. The number of hydrogen-bond donors (Lipinski definition) is 0. The Kier molecular flexibility index (Phi) is 6.55. The predicted molar refractivity (Wildman–Crippen MR) is 113 cm³/mol. The van der Waals surface area contributed by atoms with E-state index >= 15 is 0 Å². The molecular weight excluding hydrogens is 395 g/mol. The van der Waals surface area contributed by atoms with Gasteiger partial charge < -0.3 is 9.30 Å². The summed E-state index contributed by atoms with van der Waals surface area (Å²) in [5.74, 6) is 0.741. The molecule has 0 N–H and O–H groups in total. The van der Waals surface area contributed by atoms with E-state index in [0.717, 1.165) is 23.2 Å². The van der Waals surface area contributed by atoms with Crippen LogP contribution in [-0.4, -0.2) is 22.4 Å². The van der Waals surface area contributed by atoms with Crippen molar-refractivity contribution >= 4 is 35.6 Å². The number of aromatic nitrogens is 2. The molecule has 0 spiro atoms. The van der Waals surface area contributed by atoms with Crippen LogP contribution in [0.2, 0.25) is 10.0 Å². The molecule has 1 aromatic heterocycles. The molecule has 2 aromatic carbocycles. The van der Waals surface area contributed by atoms with Crippen LogP contribution in [0.3, 0.4) is 0 Å². The van der Waals surface area contributed by atoms with Gasteiger partial charge in [-0.15, -0.1) is 0 Å². The first kappa shape index (κ1) is 20.2. The molecule has 3 rings (SSSR count). The van der Waals surface area contributed by atoms with E-state index in [1.807, 2.05) is 47.2 Å². The fourth-order valence-electron chi connectivity index (χ4n) is 3.04. The molecule has 0 amide bonds. The maximum Gasteiger partial charge on any atom is 0.142 e. The normalized spacial score (nSPS) is 13.4. The Balaban J connectivity index is 1.83. The van der Waals surface area contributed by atoms with E-state index in [2.05, 4.69) is 11.9 Å². The third kappa shape index (κ3) is 5.03. The third-order valence-electron chi connectivity index (χ3n) is 4.48.